The lowest BCUT2D eigenvalue weighted by atomic mass is 10.1. The number of benzene rings is 1. The number of imidazole rings is 1. The first-order valence-electron chi connectivity index (χ1n) is 10.3. The van der Waals surface area contributed by atoms with Gasteiger partial charge < -0.3 is 9.84 Å². The van der Waals surface area contributed by atoms with Gasteiger partial charge in [0.25, 0.3) is 5.91 Å². The maximum Gasteiger partial charge on any atom is 0.274 e. The molecule has 0 unspecified atom stereocenters. The number of alkyl halides is 1. The molecule has 1 N–H and O–H groups in total. The molecule has 1 aliphatic rings. The van der Waals surface area contributed by atoms with Crippen molar-refractivity contribution < 1.29 is 13.7 Å². The second-order valence-corrected chi connectivity index (χ2v) is 8.68. The van der Waals surface area contributed by atoms with Crippen LogP contribution in [0.3, 0.4) is 0 Å². The number of pyridine rings is 1. The Bertz CT molecular complexity index is 1490. The van der Waals surface area contributed by atoms with E-state index in [2.05, 4.69) is 25.4 Å². The van der Waals surface area contributed by atoms with Crippen molar-refractivity contribution in [3.63, 3.8) is 0 Å². The van der Waals surface area contributed by atoms with E-state index in [-0.39, 0.29) is 11.8 Å². The average Bonchev–Trinajstić information content (AvgIpc) is 3.29. The maximum atomic E-state index is 13.3. The highest BCUT2D eigenvalue weighted by Crippen LogP contribution is 2.43. The van der Waals surface area contributed by atoms with E-state index in [0.29, 0.717) is 40.7 Å². The number of aromatic nitrogens is 5. The third-order valence-electron chi connectivity index (χ3n) is 5.68. The normalized spacial score (nSPS) is 17.4. The Morgan fingerprint density at radius 1 is 1.24 bits per heavy atom. The summed E-state index contributed by atoms with van der Waals surface area (Å²) in [6.07, 6.45) is 2.91. The SMILES string of the molecule is Cc1ccc(-c2noc([C@H]3C[C@@H]3F)n2)cc1NC(=O)c1cnc2ccc(-c3cscn3)cn12. The number of carbonyl (C=O) groups excluding carboxylic acids is 1. The fourth-order valence-electron chi connectivity index (χ4n) is 3.66. The number of nitrogens with one attached hydrogen (secondary N) is 1. The lowest BCUT2D eigenvalue weighted by molar-refractivity contribution is 0.102. The van der Waals surface area contributed by atoms with Crippen molar-refractivity contribution in [2.24, 2.45) is 0 Å². The van der Waals surface area contributed by atoms with Crippen LogP contribution in [0.5, 0.6) is 0 Å². The Labute approximate surface area is 191 Å². The molecule has 6 rings (SSSR count). The molecule has 0 radical (unpaired) electrons. The molecule has 1 aromatic carbocycles. The van der Waals surface area contributed by atoms with Crippen LogP contribution in [0.25, 0.3) is 28.3 Å². The number of carbonyl (C=O) groups is 1. The zero-order chi connectivity index (χ0) is 22.5. The van der Waals surface area contributed by atoms with E-state index in [1.54, 1.807) is 22.2 Å². The van der Waals surface area contributed by atoms with Crippen LogP contribution in [-0.2, 0) is 0 Å². The van der Waals surface area contributed by atoms with E-state index >= 15 is 0 Å². The van der Waals surface area contributed by atoms with Gasteiger partial charge in [0.05, 0.1) is 23.3 Å². The fourth-order valence-corrected chi connectivity index (χ4v) is 4.22. The molecule has 4 aromatic heterocycles. The van der Waals surface area contributed by atoms with Crippen molar-refractivity contribution in [3.8, 4) is 22.6 Å². The smallest absolute Gasteiger partial charge is 0.274 e. The Kier molecular flexibility index (Phi) is 4.54. The van der Waals surface area contributed by atoms with Crippen LogP contribution in [0.15, 0.2) is 58.1 Å². The monoisotopic (exact) mass is 460 g/mol. The van der Waals surface area contributed by atoms with E-state index in [9.17, 15) is 9.18 Å². The van der Waals surface area contributed by atoms with Gasteiger partial charge in [0, 0.05) is 28.4 Å². The Morgan fingerprint density at radius 2 is 2.09 bits per heavy atom. The van der Waals surface area contributed by atoms with Crippen molar-refractivity contribution in [1.82, 2.24) is 24.5 Å². The number of hydrogen-bond donors (Lipinski definition) is 1. The number of halogens is 1. The minimum Gasteiger partial charge on any atom is -0.339 e. The number of nitrogens with zero attached hydrogens (tertiary/aromatic N) is 5. The van der Waals surface area contributed by atoms with Gasteiger partial charge >= 0.3 is 0 Å². The predicted molar refractivity (Wildman–Crippen MR) is 121 cm³/mol. The highest BCUT2D eigenvalue weighted by molar-refractivity contribution is 7.07. The van der Waals surface area contributed by atoms with Crippen molar-refractivity contribution >= 4 is 28.6 Å². The van der Waals surface area contributed by atoms with Gasteiger partial charge in [0.1, 0.15) is 17.5 Å². The summed E-state index contributed by atoms with van der Waals surface area (Å²) >= 11 is 1.51. The fraction of sp³-hybridized carbons (Fsp3) is 0.174. The Balaban J connectivity index is 1.29. The zero-order valence-electron chi connectivity index (χ0n) is 17.4. The lowest BCUT2D eigenvalue weighted by Gasteiger charge is -2.10. The van der Waals surface area contributed by atoms with Gasteiger partial charge in [-0.1, -0.05) is 17.3 Å². The number of fused-ring (bicyclic) bond motifs is 1. The second-order valence-electron chi connectivity index (χ2n) is 7.96. The third kappa shape index (κ3) is 3.58. The molecule has 8 nitrogen and oxygen atoms in total. The van der Waals surface area contributed by atoms with Gasteiger partial charge in [-0.3, -0.25) is 9.20 Å². The van der Waals surface area contributed by atoms with Crippen LogP contribution in [0.4, 0.5) is 10.1 Å². The van der Waals surface area contributed by atoms with Crippen LogP contribution in [0.1, 0.15) is 34.3 Å². The summed E-state index contributed by atoms with van der Waals surface area (Å²) in [5.41, 5.74) is 6.73. The van der Waals surface area contributed by atoms with E-state index in [4.69, 9.17) is 4.52 Å². The van der Waals surface area contributed by atoms with Crippen molar-refractivity contribution in [3.05, 3.63) is 70.8 Å². The van der Waals surface area contributed by atoms with Crippen molar-refractivity contribution in [2.75, 3.05) is 5.32 Å². The maximum absolute atomic E-state index is 13.3. The summed E-state index contributed by atoms with van der Waals surface area (Å²) in [4.78, 5) is 26.1. The molecule has 2 atom stereocenters. The van der Waals surface area contributed by atoms with Gasteiger partial charge in [-0.2, -0.15) is 4.98 Å². The minimum absolute atomic E-state index is 0.301. The first kappa shape index (κ1) is 19.7. The summed E-state index contributed by atoms with van der Waals surface area (Å²) in [6, 6.07) is 9.27. The van der Waals surface area contributed by atoms with Gasteiger partial charge in [-0.05, 0) is 37.1 Å². The highest BCUT2D eigenvalue weighted by Gasteiger charge is 2.43. The van der Waals surface area contributed by atoms with Crippen LogP contribution < -0.4 is 5.32 Å². The lowest BCUT2D eigenvalue weighted by Crippen LogP contribution is -2.15. The number of aryl methyl sites for hydroxylation is 1. The van der Waals surface area contributed by atoms with Crippen LogP contribution in [0, 0.1) is 6.92 Å². The Morgan fingerprint density at radius 3 is 2.88 bits per heavy atom. The highest BCUT2D eigenvalue weighted by atomic mass is 32.1. The molecule has 0 saturated heterocycles. The molecule has 0 aliphatic heterocycles. The number of anilines is 1. The molecule has 1 saturated carbocycles. The third-order valence-corrected chi connectivity index (χ3v) is 6.27. The zero-order valence-corrected chi connectivity index (χ0v) is 18.2. The molecular weight excluding hydrogens is 443 g/mol. The summed E-state index contributed by atoms with van der Waals surface area (Å²) in [5.74, 6) is 0.0676. The number of thiazole rings is 1. The predicted octanol–water partition coefficient (Wildman–Crippen LogP) is 4.89. The first-order valence-corrected chi connectivity index (χ1v) is 11.3. The molecule has 1 fully saturated rings. The van der Waals surface area contributed by atoms with E-state index in [1.165, 1.54) is 11.3 Å². The summed E-state index contributed by atoms with van der Waals surface area (Å²) < 4.78 is 20.3. The molecule has 33 heavy (non-hydrogen) atoms. The molecular formula is C23H17FN6O2S. The van der Waals surface area contributed by atoms with Crippen molar-refractivity contribution in [2.45, 2.75) is 25.4 Å². The topological polar surface area (TPSA) is 98.2 Å². The summed E-state index contributed by atoms with van der Waals surface area (Å²) in [6.45, 7) is 1.90. The Hall–Kier alpha value is -3.92. The molecule has 164 valence electrons. The quantitative estimate of drug-likeness (QED) is 0.401. The van der Waals surface area contributed by atoms with Crippen LogP contribution >= 0.6 is 11.3 Å². The molecule has 5 aromatic rings. The molecule has 0 spiro atoms. The van der Waals surface area contributed by atoms with Crippen molar-refractivity contribution in [1.29, 1.82) is 0 Å². The number of amides is 1. The minimum atomic E-state index is -0.910. The summed E-state index contributed by atoms with van der Waals surface area (Å²) in [5, 5.41) is 8.88. The second kappa shape index (κ2) is 7.59. The van der Waals surface area contributed by atoms with Gasteiger partial charge in [0.15, 0.2) is 0 Å². The van der Waals surface area contributed by atoms with Crippen LogP contribution in [-0.4, -0.2) is 36.6 Å². The molecule has 10 heteroatoms. The molecule has 4 heterocycles. The number of hydrogen-bond acceptors (Lipinski definition) is 7. The number of rotatable bonds is 5. The largest absolute Gasteiger partial charge is 0.339 e. The molecule has 1 aliphatic carbocycles. The van der Waals surface area contributed by atoms with E-state index < -0.39 is 6.17 Å². The summed E-state index contributed by atoms with van der Waals surface area (Å²) in [7, 11) is 0. The van der Waals surface area contributed by atoms with E-state index in [0.717, 1.165) is 16.8 Å². The van der Waals surface area contributed by atoms with E-state index in [1.807, 2.05) is 42.8 Å². The molecule has 1 amide bonds. The molecule has 0 bridgehead atoms. The van der Waals surface area contributed by atoms with Crippen LogP contribution in [0.2, 0.25) is 0 Å². The first-order chi connectivity index (χ1) is 16.1. The standard InChI is InChI=1S/C23H17FN6O2S/c1-12-2-3-13(21-28-23(32-29-21)15-7-16(15)24)6-17(12)27-22(31)19-8-25-20-5-4-14(9-30(19)20)18-10-33-11-26-18/h2-6,8-11,15-16H,7H2,1H3,(H,27,31)/t15-,16-/m0/s1. The van der Waals surface area contributed by atoms with Gasteiger partial charge in [-0.25, -0.2) is 14.4 Å². The average molecular weight is 460 g/mol. The van der Waals surface area contributed by atoms with Gasteiger partial charge in [0.2, 0.25) is 11.7 Å². The van der Waals surface area contributed by atoms with Gasteiger partial charge in [-0.15, -0.1) is 11.3 Å².